The highest BCUT2D eigenvalue weighted by Gasteiger charge is 2.24. The summed E-state index contributed by atoms with van der Waals surface area (Å²) in [5.74, 6) is 2.48. The average Bonchev–Trinajstić information content (AvgIpc) is 3.20. The number of aliphatic hydroxyl groups excluding tert-OH is 1. The third-order valence-electron chi connectivity index (χ3n) is 5.91. The number of aliphatic hydroxyl groups is 1. The van der Waals surface area contributed by atoms with Crippen LogP contribution in [0.5, 0.6) is 0 Å². The second-order valence-electron chi connectivity index (χ2n) is 8.13. The number of unbranched alkanes of at least 4 members (excludes halogenated alkanes) is 1. The maximum absolute atomic E-state index is 10.3. The Morgan fingerprint density at radius 2 is 2.07 bits per heavy atom. The molecular formula is C26H40N2O. The van der Waals surface area contributed by atoms with Gasteiger partial charge in [-0.2, -0.15) is 0 Å². The van der Waals surface area contributed by atoms with Gasteiger partial charge in [-0.3, -0.25) is 4.99 Å². The molecule has 1 aromatic carbocycles. The molecule has 2 N–H and O–H groups in total. The van der Waals surface area contributed by atoms with Crippen LogP contribution in [-0.2, 0) is 6.42 Å². The molecule has 1 aliphatic carbocycles. The van der Waals surface area contributed by atoms with E-state index in [2.05, 4.69) is 59.7 Å². The van der Waals surface area contributed by atoms with E-state index in [1.54, 1.807) is 0 Å². The van der Waals surface area contributed by atoms with Crippen molar-refractivity contribution in [3.05, 3.63) is 60.2 Å². The van der Waals surface area contributed by atoms with Crippen molar-refractivity contribution in [2.24, 2.45) is 16.8 Å². The van der Waals surface area contributed by atoms with E-state index in [1.807, 2.05) is 19.2 Å². The van der Waals surface area contributed by atoms with E-state index in [4.69, 9.17) is 0 Å². The van der Waals surface area contributed by atoms with Gasteiger partial charge in [0.25, 0.3) is 0 Å². The van der Waals surface area contributed by atoms with Gasteiger partial charge < -0.3 is 10.4 Å². The number of allylic oxidation sites excluding steroid dienone is 3. The number of aliphatic imine (C=N–C) groups is 1. The molecular weight excluding hydrogens is 356 g/mol. The van der Waals surface area contributed by atoms with E-state index in [9.17, 15) is 5.11 Å². The summed E-state index contributed by atoms with van der Waals surface area (Å²) in [5, 5.41) is 13.6. The largest absolute Gasteiger partial charge is 0.389 e. The van der Waals surface area contributed by atoms with Crippen LogP contribution < -0.4 is 5.32 Å². The lowest BCUT2D eigenvalue weighted by atomic mass is 9.91. The Kier molecular flexibility index (Phi) is 11.4. The van der Waals surface area contributed by atoms with Crippen molar-refractivity contribution in [2.75, 3.05) is 13.6 Å². The highest BCUT2D eigenvalue weighted by atomic mass is 16.3. The highest BCUT2D eigenvalue weighted by Crippen LogP contribution is 2.35. The minimum atomic E-state index is -0.335. The van der Waals surface area contributed by atoms with Crippen LogP contribution in [0.3, 0.4) is 0 Å². The fourth-order valence-electron chi connectivity index (χ4n) is 4.20. The van der Waals surface area contributed by atoms with Crippen LogP contribution in [0.1, 0.15) is 63.9 Å². The van der Waals surface area contributed by atoms with E-state index < -0.39 is 0 Å². The van der Waals surface area contributed by atoms with Gasteiger partial charge in [0.1, 0.15) is 0 Å². The predicted octanol–water partition coefficient (Wildman–Crippen LogP) is 5.71. The Bertz CT molecular complexity index is 635. The summed E-state index contributed by atoms with van der Waals surface area (Å²) in [5.41, 5.74) is 1.30. The Morgan fingerprint density at radius 3 is 2.83 bits per heavy atom. The number of hydrogen-bond acceptors (Lipinski definition) is 2. The zero-order valence-corrected chi connectivity index (χ0v) is 18.4. The quantitative estimate of drug-likeness (QED) is 0.206. The van der Waals surface area contributed by atoms with Gasteiger partial charge in [0.05, 0.1) is 11.9 Å². The molecule has 3 heteroatoms. The molecule has 0 amide bonds. The molecule has 1 aliphatic rings. The van der Waals surface area contributed by atoms with Gasteiger partial charge in [0.2, 0.25) is 0 Å². The minimum Gasteiger partial charge on any atom is -0.389 e. The Morgan fingerprint density at radius 1 is 1.24 bits per heavy atom. The molecule has 1 aromatic rings. The molecule has 29 heavy (non-hydrogen) atoms. The molecule has 0 unspecified atom stereocenters. The van der Waals surface area contributed by atoms with Crippen LogP contribution in [0.4, 0.5) is 0 Å². The molecule has 0 aliphatic heterocycles. The van der Waals surface area contributed by atoms with E-state index >= 15 is 0 Å². The zero-order valence-electron chi connectivity index (χ0n) is 18.4. The number of aryl methyl sites for hydroxylation is 1. The second-order valence-corrected chi connectivity index (χ2v) is 8.13. The first kappa shape index (κ1) is 23.4. The molecule has 160 valence electrons. The lowest BCUT2D eigenvalue weighted by Crippen LogP contribution is -2.22. The standard InChI is InChI=1S/C26H40N2O/c1-3-28-26(27-2)17-10-5-4-9-14-23-15-11-16-24(23)19-21-25(29)20-18-22-12-7-6-8-13-22/h4,6-9,12-13,19,21,23-25,29H,3,5,10-11,14-18,20H2,1-2H3,(H,27,28)/b9-4-,21-19+/t23-,24+,25-/m0/s1. The summed E-state index contributed by atoms with van der Waals surface area (Å²) in [4.78, 5) is 4.29. The van der Waals surface area contributed by atoms with Gasteiger partial charge in [-0.1, -0.05) is 61.1 Å². The fourth-order valence-corrected chi connectivity index (χ4v) is 4.20. The molecule has 3 nitrogen and oxygen atoms in total. The van der Waals surface area contributed by atoms with Crippen LogP contribution in [-0.4, -0.2) is 30.6 Å². The topological polar surface area (TPSA) is 44.6 Å². The molecule has 1 fully saturated rings. The molecule has 0 heterocycles. The van der Waals surface area contributed by atoms with Crippen LogP contribution >= 0.6 is 0 Å². The molecule has 2 rings (SSSR count). The molecule has 0 aromatic heterocycles. The molecule has 0 spiro atoms. The first-order valence-corrected chi connectivity index (χ1v) is 11.5. The van der Waals surface area contributed by atoms with Crippen molar-refractivity contribution >= 4 is 5.84 Å². The smallest absolute Gasteiger partial charge is 0.0959 e. The SMILES string of the molecule is CCNC(CCC/C=C\C[C@H]1CCC[C@@H]1/C=C/[C@@H](O)CCc1ccccc1)=NC. The van der Waals surface area contributed by atoms with E-state index in [1.165, 1.54) is 24.8 Å². The minimum absolute atomic E-state index is 0.335. The van der Waals surface area contributed by atoms with Crippen LogP contribution in [0.2, 0.25) is 0 Å². The van der Waals surface area contributed by atoms with E-state index in [0.717, 1.165) is 56.8 Å². The zero-order chi connectivity index (χ0) is 20.7. The summed E-state index contributed by atoms with van der Waals surface area (Å²) < 4.78 is 0. The third-order valence-corrected chi connectivity index (χ3v) is 5.91. The van der Waals surface area contributed by atoms with Gasteiger partial charge in [-0.05, 0) is 69.3 Å². The van der Waals surface area contributed by atoms with Crippen LogP contribution in [0.15, 0.2) is 59.6 Å². The van der Waals surface area contributed by atoms with Gasteiger partial charge in [0.15, 0.2) is 0 Å². The lowest BCUT2D eigenvalue weighted by molar-refractivity contribution is 0.212. The van der Waals surface area contributed by atoms with Crippen molar-refractivity contribution in [3.8, 4) is 0 Å². The normalized spacial score (nSPS) is 21.3. The van der Waals surface area contributed by atoms with Crippen molar-refractivity contribution in [3.63, 3.8) is 0 Å². The summed E-state index contributed by atoms with van der Waals surface area (Å²) in [6.45, 7) is 3.06. The number of amidine groups is 1. The number of hydrogen-bond donors (Lipinski definition) is 2. The number of nitrogens with zero attached hydrogens (tertiary/aromatic N) is 1. The van der Waals surface area contributed by atoms with Gasteiger partial charge in [-0.15, -0.1) is 0 Å². The number of nitrogens with one attached hydrogen (secondary N) is 1. The molecule has 0 bridgehead atoms. The molecule has 0 radical (unpaired) electrons. The summed E-state index contributed by atoms with van der Waals surface area (Å²) in [6, 6.07) is 10.4. The second kappa shape index (κ2) is 14.2. The molecule has 0 saturated heterocycles. The van der Waals surface area contributed by atoms with Crippen molar-refractivity contribution in [2.45, 2.75) is 70.8 Å². The van der Waals surface area contributed by atoms with Crippen LogP contribution in [0, 0.1) is 11.8 Å². The molecule has 3 atom stereocenters. The van der Waals surface area contributed by atoms with Crippen LogP contribution in [0.25, 0.3) is 0 Å². The third kappa shape index (κ3) is 9.45. The van der Waals surface area contributed by atoms with Crippen molar-refractivity contribution in [1.82, 2.24) is 5.32 Å². The Hall–Kier alpha value is -1.87. The predicted molar refractivity (Wildman–Crippen MR) is 125 cm³/mol. The Labute approximate surface area is 178 Å². The Balaban J connectivity index is 1.66. The van der Waals surface area contributed by atoms with Crippen molar-refractivity contribution < 1.29 is 5.11 Å². The van der Waals surface area contributed by atoms with Gasteiger partial charge >= 0.3 is 0 Å². The molecule has 1 saturated carbocycles. The highest BCUT2D eigenvalue weighted by molar-refractivity contribution is 5.81. The lowest BCUT2D eigenvalue weighted by Gasteiger charge is -2.15. The van der Waals surface area contributed by atoms with Gasteiger partial charge in [0, 0.05) is 20.0 Å². The maximum atomic E-state index is 10.3. The maximum Gasteiger partial charge on any atom is 0.0959 e. The summed E-state index contributed by atoms with van der Waals surface area (Å²) in [7, 11) is 1.86. The fraction of sp³-hybridized carbons (Fsp3) is 0.577. The summed E-state index contributed by atoms with van der Waals surface area (Å²) in [6.07, 6.45) is 18.8. The summed E-state index contributed by atoms with van der Waals surface area (Å²) >= 11 is 0. The van der Waals surface area contributed by atoms with Gasteiger partial charge in [-0.25, -0.2) is 0 Å². The monoisotopic (exact) mass is 396 g/mol. The first-order valence-electron chi connectivity index (χ1n) is 11.5. The van der Waals surface area contributed by atoms with Crippen molar-refractivity contribution in [1.29, 1.82) is 0 Å². The number of rotatable bonds is 12. The number of benzene rings is 1. The van der Waals surface area contributed by atoms with E-state index in [0.29, 0.717) is 5.92 Å². The first-order chi connectivity index (χ1) is 14.2. The average molecular weight is 397 g/mol. The van der Waals surface area contributed by atoms with E-state index in [-0.39, 0.29) is 6.10 Å².